The molecule has 2 N–H and O–H groups in total. The molecule has 1 saturated heterocycles. The van der Waals surface area contributed by atoms with Gasteiger partial charge < -0.3 is 10.6 Å². The van der Waals surface area contributed by atoms with Gasteiger partial charge in [-0.2, -0.15) is 0 Å². The van der Waals surface area contributed by atoms with Crippen LogP contribution in [0.5, 0.6) is 0 Å². The first-order valence-corrected chi connectivity index (χ1v) is 6.23. The Morgan fingerprint density at radius 1 is 1.56 bits per heavy atom. The highest BCUT2D eigenvalue weighted by molar-refractivity contribution is 5.94. The minimum absolute atomic E-state index is 0.0267. The van der Waals surface area contributed by atoms with Crippen LogP contribution in [-0.2, 0) is 0 Å². The van der Waals surface area contributed by atoms with Gasteiger partial charge in [-0.3, -0.25) is 9.78 Å². The van der Waals surface area contributed by atoms with E-state index < -0.39 is 5.82 Å². The zero-order valence-electron chi connectivity index (χ0n) is 10.6. The van der Waals surface area contributed by atoms with Gasteiger partial charge in [0.2, 0.25) is 0 Å². The van der Waals surface area contributed by atoms with Gasteiger partial charge in [0.05, 0.1) is 11.8 Å². The smallest absolute Gasteiger partial charge is 0.254 e. The average Bonchev–Trinajstić information content (AvgIpc) is 2.34. The molecule has 0 aliphatic carbocycles. The molecule has 1 aliphatic rings. The summed E-state index contributed by atoms with van der Waals surface area (Å²) in [4.78, 5) is 15.7. The maximum Gasteiger partial charge on any atom is 0.254 e. The van der Waals surface area contributed by atoms with Gasteiger partial charge in [0, 0.05) is 18.3 Å². The number of nitrogens with zero attached hydrogens (tertiary/aromatic N) is 1. The van der Waals surface area contributed by atoms with Crippen LogP contribution in [0.2, 0.25) is 0 Å². The number of pyridine rings is 1. The molecule has 0 spiro atoms. The molecule has 98 valence electrons. The summed E-state index contributed by atoms with van der Waals surface area (Å²) in [7, 11) is 0. The molecule has 1 aromatic heterocycles. The number of piperidine rings is 1. The van der Waals surface area contributed by atoms with Crippen molar-refractivity contribution >= 4 is 5.91 Å². The van der Waals surface area contributed by atoms with Gasteiger partial charge in [0.25, 0.3) is 5.91 Å². The number of amides is 1. The van der Waals surface area contributed by atoms with Gasteiger partial charge in [-0.1, -0.05) is 6.92 Å². The zero-order chi connectivity index (χ0) is 13.1. The van der Waals surface area contributed by atoms with Gasteiger partial charge in [0.1, 0.15) is 0 Å². The molecule has 1 fully saturated rings. The summed E-state index contributed by atoms with van der Waals surface area (Å²) in [5, 5.41) is 6.22. The molecule has 5 heteroatoms. The topological polar surface area (TPSA) is 54.0 Å². The fraction of sp³-hybridized carbons (Fsp3) is 0.538. The van der Waals surface area contributed by atoms with Crippen LogP contribution in [0, 0.1) is 11.7 Å². The number of aromatic nitrogens is 1. The molecular weight excluding hydrogens is 233 g/mol. The first-order valence-electron chi connectivity index (χ1n) is 6.23. The van der Waals surface area contributed by atoms with E-state index in [1.54, 1.807) is 0 Å². The minimum Gasteiger partial charge on any atom is -0.347 e. The largest absolute Gasteiger partial charge is 0.347 e. The van der Waals surface area contributed by atoms with Crippen molar-refractivity contribution in [2.24, 2.45) is 5.92 Å². The summed E-state index contributed by atoms with van der Waals surface area (Å²) >= 11 is 0. The maximum absolute atomic E-state index is 13.4. The van der Waals surface area contributed by atoms with Crippen LogP contribution in [0.3, 0.4) is 0 Å². The van der Waals surface area contributed by atoms with Crippen LogP contribution in [-0.4, -0.2) is 29.5 Å². The molecule has 0 bridgehead atoms. The van der Waals surface area contributed by atoms with E-state index in [-0.39, 0.29) is 23.6 Å². The standard InChI is InChI=1S/C13H18FN3O/c1-8-3-6-16-9(2)12(8)17-13(18)10-4-5-15-7-11(10)14/h4-5,7-9,12,16H,3,6H2,1-2H3,(H,17,18). The van der Waals surface area contributed by atoms with E-state index in [0.717, 1.165) is 19.2 Å². The predicted molar refractivity (Wildman–Crippen MR) is 66.7 cm³/mol. The molecule has 2 rings (SSSR count). The molecule has 0 saturated carbocycles. The summed E-state index contributed by atoms with van der Waals surface area (Å²) in [5.74, 6) is -0.573. The first-order chi connectivity index (χ1) is 8.59. The second-order valence-corrected chi connectivity index (χ2v) is 4.86. The number of rotatable bonds is 2. The lowest BCUT2D eigenvalue weighted by Crippen LogP contribution is -2.56. The molecule has 0 aromatic carbocycles. The van der Waals surface area contributed by atoms with Crippen molar-refractivity contribution in [2.45, 2.75) is 32.4 Å². The highest BCUT2D eigenvalue weighted by atomic mass is 19.1. The number of hydrogen-bond donors (Lipinski definition) is 2. The SMILES string of the molecule is CC1CCNC(C)C1NC(=O)c1ccncc1F. The number of halogens is 1. The van der Waals surface area contributed by atoms with E-state index in [0.29, 0.717) is 5.92 Å². The predicted octanol–water partition coefficient (Wildman–Crippen LogP) is 1.34. The summed E-state index contributed by atoms with van der Waals surface area (Å²) in [6.07, 6.45) is 3.49. The number of nitrogens with one attached hydrogen (secondary N) is 2. The Morgan fingerprint density at radius 2 is 2.33 bits per heavy atom. The van der Waals surface area contributed by atoms with E-state index in [1.807, 2.05) is 6.92 Å². The normalized spacial score (nSPS) is 27.8. The minimum atomic E-state index is -0.584. The fourth-order valence-electron chi connectivity index (χ4n) is 2.39. The Morgan fingerprint density at radius 3 is 3.00 bits per heavy atom. The van der Waals surface area contributed by atoms with Gasteiger partial charge >= 0.3 is 0 Å². The third-order valence-corrected chi connectivity index (χ3v) is 3.53. The monoisotopic (exact) mass is 251 g/mol. The van der Waals surface area contributed by atoms with Crippen molar-refractivity contribution in [3.05, 3.63) is 29.8 Å². The number of carbonyl (C=O) groups is 1. The molecule has 4 nitrogen and oxygen atoms in total. The van der Waals surface area contributed by atoms with Crippen LogP contribution < -0.4 is 10.6 Å². The summed E-state index contributed by atoms with van der Waals surface area (Å²) in [6, 6.07) is 1.62. The lowest BCUT2D eigenvalue weighted by Gasteiger charge is -2.36. The van der Waals surface area contributed by atoms with Crippen LogP contribution >= 0.6 is 0 Å². The van der Waals surface area contributed by atoms with Crippen molar-refractivity contribution < 1.29 is 9.18 Å². The van der Waals surface area contributed by atoms with E-state index in [2.05, 4.69) is 22.5 Å². The quantitative estimate of drug-likeness (QED) is 0.834. The van der Waals surface area contributed by atoms with E-state index >= 15 is 0 Å². The number of hydrogen-bond acceptors (Lipinski definition) is 3. The van der Waals surface area contributed by atoms with Crippen LogP contribution in [0.15, 0.2) is 18.5 Å². The Hall–Kier alpha value is -1.49. The van der Waals surface area contributed by atoms with Crippen LogP contribution in [0.25, 0.3) is 0 Å². The first kappa shape index (κ1) is 13.0. The van der Waals surface area contributed by atoms with Gasteiger partial charge in [0.15, 0.2) is 5.82 Å². The Balaban J connectivity index is 2.09. The molecule has 2 heterocycles. The van der Waals surface area contributed by atoms with Crippen molar-refractivity contribution in [3.8, 4) is 0 Å². The second kappa shape index (κ2) is 5.44. The van der Waals surface area contributed by atoms with E-state index in [1.165, 1.54) is 12.3 Å². The molecule has 3 unspecified atom stereocenters. The summed E-state index contributed by atoms with van der Waals surface area (Å²) in [5.41, 5.74) is 0.0509. The highest BCUT2D eigenvalue weighted by Gasteiger charge is 2.29. The van der Waals surface area contributed by atoms with Crippen molar-refractivity contribution in [3.63, 3.8) is 0 Å². The maximum atomic E-state index is 13.4. The molecule has 0 radical (unpaired) electrons. The van der Waals surface area contributed by atoms with Gasteiger partial charge in [-0.05, 0) is 31.9 Å². The highest BCUT2D eigenvalue weighted by Crippen LogP contribution is 2.17. The van der Waals surface area contributed by atoms with Crippen molar-refractivity contribution in [1.82, 2.24) is 15.6 Å². The molecule has 18 heavy (non-hydrogen) atoms. The fourth-order valence-corrected chi connectivity index (χ4v) is 2.39. The van der Waals surface area contributed by atoms with Gasteiger partial charge in [-0.15, -0.1) is 0 Å². The summed E-state index contributed by atoms with van der Waals surface area (Å²) < 4.78 is 13.4. The van der Waals surface area contributed by atoms with Crippen LogP contribution in [0.1, 0.15) is 30.6 Å². The van der Waals surface area contributed by atoms with Gasteiger partial charge in [-0.25, -0.2) is 4.39 Å². The molecule has 1 aliphatic heterocycles. The van der Waals surface area contributed by atoms with E-state index in [9.17, 15) is 9.18 Å². The second-order valence-electron chi connectivity index (χ2n) is 4.86. The third-order valence-electron chi connectivity index (χ3n) is 3.53. The zero-order valence-corrected chi connectivity index (χ0v) is 10.6. The van der Waals surface area contributed by atoms with Crippen LogP contribution in [0.4, 0.5) is 4.39 Å². The Labute approximate surface area is 106 Å². The van der Waals surface area contributed by atoms with Crippen molar-refractivity contribution in [2.75, 3.05) is 6.54 Å². The summed E-state index contributed by atoms with van der Waals surface area (Å²) in [6.45, 7) is 5.09. The van der Waals surface area contributed by atoms with E-state index in [4.69, 9.17) is 0 Å². The number of carbonyl (C=O) groups excluding carboxylic acids is 1. The lowest BCUT2D eigenvalue weighted by atomic mass is 9.89. The molecular formula is C13H18FN3O. The van der Waals surface area contributed by atoms with Crippen molar-refractivity contribution in [1.29, 1.82) is 0 Å². The average molecular weight is 251 g/mol. The molecule has 1 aromatic rings. The Bertz CT molecular complexity index is 428. The third kappa shape index (κ3) is 2.67. The lowest BCUT2D eigenvalue weighted by molar-refractivity contribution is 0.0893. The molecule has 1 amide bonds. The Kier molecular flexibility index (Phi) is 3.91. The molecule has 3 atom stereocenters.